The highest BCUT2D eigenvalue weighted by Crippen LogP contribution is 2.17. The summed E-state index contributed by atoms with van der Waals surface area (Å²) in [5.41, 5.74) is 0.859. The van der Waals surface area contributed by atoms with E-state index in [0.29, 0.717) is 6.61 Å². The van der Waals surface area contributed by atoms with Crippen LogP contribution < -0.4 is 0 Å². The minimum atomic E-state index is -0.221. The number of halogens is 1. The van der Waals surface area contributed by atoms with Crippen LogP contribution in [0.5, 0.6) is 0 Å². The average molecular weight is 196 g/mol. The molecule has 3 heteroatoms. The van der Waals surface area contributed by atoms with Crippen molar-refractivity contribution in [3.8, 4) is 0 Å². The van der Waals surface area contributed by atoms with Gasteiger partial charge in [0.2, 0.25) is 0 Å². The molecule has 1 fully saturated rings. The largest absolute Gasteiger partial charge is 0.371 e. The first-order valence-electron chi connectivity index (χ1n) is 4.73. The van der Waals surface area contributed by atoms with Crippen LogP contribution in [0.3, 0.4) is 0 Å². The fourth-order valence-corrected chi connectivity index (χ4v) is 1.29. The van der Waals surface area contributed by atoms with Crippen molar-refractivity contribution in [1.29, 1.82) is 0 Å². The molecule has 0 bridgehead atoms. The van der Waals surface area contributed by atoms with Crippen molar-refractivity contribution >= 4 is 0 Å². The lowest BCUT2D eigenvalue weighted by Crippen LogP contribution is -2.14. The maximum absolute atomic E-state index is 12.8. The molecule has 1 aliphatic rings. The second kappa shape index (κ2) is 4.07. The van der Waals surface area contributed by atoms with E-state index in [1.165, 1.54) is 12.1 Å². The Kier molecular flexibility index (Phi) is 2.79. The fraction of sp³-hybridized carbons (Fsp3) is 0.455. The van der Waals surface area contributed by atoms with Gasteiger partial charge in [0.15, 0.2) is 0 Å². The van der Waals surface area contributed by atoms with Crippen molar-refractivity contribution in [1.82, 2.24) is 0 Å². The third-order valence-corrected chi connectivity index (χ3v) is 2.28. The molecule has 1 heterocycles. The first kappa shape index (κ1) is 9.62. The van der Waals surface area contributed by atoms with E-state index in [1.807, 2.05) is 13.0 Å². The van der Waals surface area contributed by atoms with Gasteiger partial charge in [-0.2, -0.15) is 0 Å². The predicted molar refractivity (Wildman–Crippen MR) is 50.4 cm³/mol. The molecule has 2 atom stereocenters. The van der Waals surface area contributed by atoms with Gasteiger partial charge >= 0.3 is 0 Å². The van der Waals surface area contributed by atoms with Crippen LogP contribution in [-0.2, 0) is 16.1 Å². The van der Waals surface area contributed by atoms with Crippen LogP contribution in [-0.4, -0.2) is 18.8 Å². The van der Waals surface area contributed by atoms with Crippen molar-refractivity contribution in [2.45, 2.75) is 25.7 Å². The summed E-state index contributed by atoms with van der Waals surface area (Å²) >= 11 is 0. The zero-order valence-corrected chi connectivity index (χ0v) is 8.07. The van der Waals surface area contributed by atoms with Crippen LogP contribution in [0.25, 0.3) is 0 Å². The molecular weight excluding hydrogens is 183 g/mol. The number of hydrogen-bond donors (Lipinski definition) is 0. The van der Waals surface area contributed by atoms with Crippen molar-refractivity contribution in [3.05, 3.63) is 35.6 Å². The monoisotopic (exact) mass is 196 g/mol. The van der Waals surface area contributed by atoms with E-state index < -0.39 is 0 Å². The lowest BCUT2D eigenvalue weighted by atomic mass is 10.2. The Morgan fingerprint density at radius 3 is 3.07 bits per heavy atom. The smallest absolute Gasteiger partial charge is 0.123 e. The van der Waals surface area contributed by atoms with Gasteiger partial charge in [-0.3, -0.25) is 0 Å². The molecule has 1 aliphatic heterocycles. The molecule has 2 nitrogen and oxygen atoms in total. The number of rotatable bonds is 4. The zero-order chi connectivity index (χ0) is 9.97. The quantitative estimate of drug-likeness (QED) is 0.688. The molecule has 0 unspecified atom stereocenters. The SMILES string of the molecule is C[C@H](OCc1cccc(F)c1)[C@H]1CO1. The van der Waals surface area contributed by atoms with Crippen LogP contribution >= 0.6 is 0 Å². The number of ether oxygens (including phenoxy) is 2. The lowest BCUT2D eigenvalue weighted by molar-refractivity contribution is 0.0339. The topological polar surface area (TPSA) is 21.8 Å². The molecule has 0 radical (unpaired) electrons. The molecule has 1 saturated heterocycles. The van der Waals surface area contributed by atoms with Crippen molar-refractivity contribution in [2.24, 2.45) is 0 Å². The summed E-state index contributed by atoms with van der Waals surface area (Å²) in [6.45, 7) is 3.19. The predicted octanol–water partition coefficient (Wildman–Crippen LogP) is 2.13. The van der Waals surface area contributed by atoms with Crippen LogP contribution in [0, 0.1) is 5.82 Å². The number of epoxide rings is 1. The Morgan fingerprint density at radius 1 is 1.64 bits per heavy atom. The molecule has 0 spiro atoms. The molecule has 1 aromatic rings. The zero-order valence-electron chi connectivity index (χ0n) is 8.07. The van der Waals surface area contributed by atoms with E-state index in [1.54, 1.807) is 6.07 Å². The standard InChI is InChI=1S/C11H13FO2/c1-8(11-7-14-11)13-6-9-3-2-4-10(12)5-9/h2-5,8,11H,6-7H2,1H3/t8-,11+/m0/s1. The van der Waals surface area contributed by atoms with Gasteiger partial charge in [0, 0.05) is 0 Å². The Bertz CT molecular complexity index is 310. The summed E-state index contributed by atoms with van der Waals surface area (Å²) in [6, 6.07) is 6.45. The maximum Gasteiger partial charge on any atom is 0.123 e. The molecule has 2 rings (SSSR count). The van der Waals surface area contributed by atoms with Gasteiger partial charge in [-0.15, -0.1) is 0 Å². The third kappa shape index (κ3) is 2.53. The first-order chi connectivity index (χ1) is 6.75. The van der Waals surface area contributed by atoms with Gasteiger partial charge in [0.05, 0.1) is 19.3 Å². The van der Waals surface area contributed by atoms with Crippen molar-refractivity contribution in [3.63, 3.8) is 0 Å². The fourth-order valence-electron chi connectivity index (χ4n) is 1.29. The molecule has 76 valence electrons. The van der Waals surface area contributed by atoms with Crippen LogP contribution in [0.4, 0.5) is 4.39 Å². The summed E-state index contributed by atoms with van der Waals surface area (Å²) in [6.07, 6.45) is 0.335. The van der Waals surface area contributed by atoms with E-state index in [0.717, 1.165) is 12.2 Å². The second-order valence-corrected chi connectivity index (χ2v) is 3.52. The normalized spacial score (nSPS) is 22.0. The summed E-state index contributed by atoms with van der Waals surface area (Å²) < 4.78 is 23.4. The number of benzene rings is 1. The molecular formula is C11H13FO2. The Morgan fingerprint density at radius 2 is 2.43 bits per heavy atom. The summed E-state index contributed by atoms with van der Waals surface area (Å²) in [5.74, 6) is -0.221. The van der Waals surface area contributed by atoms with Crippen molar-refractivity contribution in [2.75, 3.05) is 6.61 Å². The van der Waals surface area contributed by atoms with E-state index in [-0.39, 0.29) is 18.0 Å². The summed E-state index contributed by atoms with van der Waals surface area (Å²) in [5, 5.41) is 0. The molecule has 0 N–H and O–H groups in total. The third-order valence-electron chi connectivity index (χ3n) is 2.28. The van der Waals surface area contributed by atoms with Gasteiger partial charge in [-0.25, -0.2) is 4.39 Å². The van der Waals surface area contributed by atoms with Crippen LogP contribution in [0.15, 0.2) is 24.3 Å². The molecule has 14 heavy (non-hydrogen) atoms. The highest BCUT2D eigenvalue weighted by Gasteiger charge is 2.29. The first-order valence-corrected chi connectivity index (χ1v) is 4.73. The average Bonchev–Trinajstić information content (AvgIpc) is 2.97. The summed E-state index contributed by atoms with van der Waals surface area (Å²) in [4.78, 5) is 0. The molecule has 1 aromatic carbocycles. The van der Waals surface area contributed by atoms with E-state index >= 15 is 0 Å². The van der Waals surface area contributed by atoms with Crippen LogP contribution in [0.2, 0.25) is 0 Å². The van der Waals surface area contributed by atoms with Gasteiger partial charge in [0.1, 0.15) is 11.9 Å². The van der Waals surface area contributed by atoms with E-state index in [9.17, 15) is 4.39 Å². The highest BCUT2D eigenvalue weighted by molar-refractivity contribution is 5.15. The Balaban J connectivity index is 1.84. The lowest BCUT2D eigenvalue weighted by Gasteiger charge is -2.09. The maximum atomic E-state index is 12.8. The van der Waals surface area contributed by atoms with Gasteiger partial charge < -0.3 is 9.47 Å². The van der Waals surface area contributed by atoms with E-state index in [4.69, 9.17) is 9.47 Å². The molecule has 0 amide bonds. The van der Waals surface area contributed by atoms with Gasteiger partial charge in [-0.05, 0) is 24.6 Å². The second-order valence-electron chi connectivity index (χ2n) is 3.52. The molecule has 0 aromatic heterocycles. The minimum absolute atomic E-state index is 0.0956. The Labute approximate surface area is 82.6 Å². The number of hydrogen-bond acceptors (Lipinski definition) is 2. The van der Waals surface area contributed by atoms with Crippen LogP contribution in [0.1, 0.15) is 12.5 Å². The van der Waals surface area contributed by atoms with E-state index in [2.05, 4.69) is 0 Å². The van der Waals surface area contributed by atoms with Gasteiger partial charge in [0.25, 0.3) is 0 Å². The Hall–Kier alpha value is -0.930. The van der Waals surface area contributed by atoms with Crippen molar-refractivity contribution < 1.29 is 13.9 Å². The molecule has 0 saturated carbocycles. The minimum Gasteiger partial charge on any atom is -0.371 e. The molecule has 0 aliphatic carbocycles. The van der Waals surface area contributed by atoms with Gasteiger partial charge in [-0.1, -0.05) is 12.1 Å². The highest BCUT2D eigenvalue weighted by atomic mass is 19.1. The summed E-state index contributed by atoms with van der Waals surface area (Å²) in [7, 11) is 0.